The first-order chi connectivity index (χ1) is 9.65. The normalized spacial score (nSPS) is 26.2. The van der Waals surface area contributed by atoms with Gasteiger partial charge in [-0.3, -0.25) is 9.69 Å². The SMILES string of the molecule is Cc1ccc(C(=O)NC2CCN3CCCCC23)cc1N. The van der Waals surface area contributed by atoms with Gasteiger partial charge in [-0.25, -0.2) is 0 Å². The first-order valence-corrected chi connectivity index (χ1v) is 7.56. The number of carbonyl (C=O) groups excluding carboxylic acids is 1. The Morgan fingerprint density at radius 2 is 2.15 bits per heavy atom. The summed E-state index contributed by atoms with van der Waals surface area (Å²) in [5, 5.41) is 3.20. The summed E-state index contributed by atoms with van der Waals surface area (Å²) in [6.45, 7) is 4.26. The highest BCUT2D eigenvalue weighted by Crippen LogP contribution is 2.27. The van der Waals surface area contributed by atoms with Gasteiger partial charge in [-0.2, -0.15) is 0 Å². The number of hydrogen-bond acceptors (Lipinski definition) is 3. The molecule has 0 saturated carbocycles. The number of amides is 1. The lowest BCUT2D eigenvalue weighted by molar-refractivity contribution is 0.0915. The van der Waals surface area contributed by atoms with Gasteiger partial charge in [0.2, 0.25) is 0 Å². The van der Waals surface area contributed by atoms with Crippen molar-refractivity contribution >= 4 is 11.6 Å². The maximum atomic E-state index is 12.4. The highest BCUT2D eigenvalue weighted by Gasteiger charge is 2.36. The van der Waals surface area contributed by atoms with Crippen LogP contribution in [0.4, 0.5) is 5.69 Å². The number of fused-ring (bicyclic) bond motifs is 1. The predicted octanol–water partition coefficient (Wildman–Crippen LogP) is 1.93. The van der Waals surface area contributed by atoms with E-state index >= 15 is 0 Å². The summed E-state index contributed by atoms with van der Waals surface area (Å²) < 4.78 is 0. The third-order valence-electron chi connectivity index (χ3n) is 4.71. The van der Waals surface area contributed by atoms with Crippen LogP contribution < -0.4 is 11.1 Å². The van der Waals surface area contributed by atoms with Crippen LogP contribution in [0.5, 0.6) is 0 Å². The minimum Gasteiger partial charge on any atom is -0.398 e. The van der Waals surface area contributed by atoms with Gasteiger partial charge in [-0.1, -0.05) is 12.5 Å². The number of nitrogens with two attached hydrogens (primary N) is 1. The molecule has 2 unspecified atom stereocenters. The molecule has 0 aromatic heterocycles. The Morgan fingerprint density at radius 1 is 1.30 bits per heavy atom. The Bertz CT molecular complexity index is 514. The Labute approximate surface area is 120 Å². The zero-order valence-electron chi connectivity index (χ0n) is 12.1. The number of carbonyl (C=O) groups is 1. The van der Waals surface area contributed by atoms with E-state index in [1.807, 2.05) is 19.1 Å². The van der Waals surface area contributed by atoms with Gasteiger partial charge in [0.1, 0.15) is 0 Å². The highest BCUT2D eigenvalue weighted by molar-refractivity contribution is 5.95. The van der Waals surface area contributed by atoms with Crippen LogP contribution in [0.15, 0.2) is 18.2 Å². The van der Waals surface area contributed by atoms with Gasteiger partial charge in [0, 0.05) is 29.9 Å². The molecule has 1 aromatic rings. The average Bonchev–Trinajstić information content (AvgIpc) is 2.85. The molecule has 2 aliphatic rings. The van der Waals surface area contributed by atoms with E-state index in [1.54, 1.807) is 6.07 Å². The second kappa shape index (κ2) is 5.44. The molecule has 2 heterocycles. The molecule has 0 spiro atoms. The molecule has 0 radical (unpaired) electrons. The second-order valence-corrected chi connectivity index (χ2v) is 6.04. The van der Waals surface area contributed by atoms with Gasteiger partial charge in [0.15, 0.2) is 0 Å². The number of aryl methyl sites for hydroxylation is 1. The molecule has 3 N–H and O–H groups in total. The monoisotopic (exact) mass is 273 g/mol. The third-order valence-corrected chi connectivity index (χ3v) is 4.71. The Morgan fingerprint density at radius 3 is 2.95 bits per heavy atom. The summed E-state index contributed by atoms with van der Waals surface area (Å²) in [6, 6.07) is 6.37. The summed E-state index contributed by atoms with van der Waals surface area (Å²) in [5.41, 5.74) is 8.25. The van der Waals surface area contributed by atoms with E-state index in [2.05, 4.69) is 10.2 Å². The number of rotatable bonds is 2. The van der Waals surface area contributed by atoms with Crippen molar-refractivity contribution in [1.82, 2.24) is 10.2 Å². The van der Waals surface area contributed by atoms with E-state index in [0.717, 1.165) is 18.5 Å². The summed E-state index contributed by atoms with van der Waals surface area (Å²) in [4.78, 5) is 14.9. The van der Waals surface area contributed by atoms with Gasteiger partial charge in [0.05, 0.1) is 0 Å². The van der Waals surface area contributed by atoms with E-state index < -0.39 is 0 Å². The molecule has 0 aliphatic carbocycles. The number of nitrogens with zero attached hydrogens (tertiary/aromatic N) is 1. The van der Waals surface area contributed by atoms with Gasteiger partial charge in [-0.15, -0.1) is 0 Å². The Kier molecular flexibility index (Phi) is 3.66. The van der Waals surface area contributed by atoms with E-state index in [1.165, 1.54) is 25.8 Å². The van der Waals surface area contributed by atoms with Crippen molar-refractivity contribution in [1.29, 1.82) is 0 Å². The number of hydrogen-bond donors (Lipinski definition) is 2. The van der Waals surface area contributed by atoms with Crippen molar-refractivity contribution in [3.05, 3.63) is 29.3 Å². The molecule has 108 valence electrons. The molecule has 1 amide bonds. The summed E-state index contributed by atoms with van der Waals surface area (Å²) in [7, 11) is 0. The number of piperidine rings is 1. The standard InChI is InChI=1S/C16H23N3O/c1-11-5-6-12(10-13(11)17)16(20)18-14-7-9-19-8-3-2-4-15(14)19/h5-6,10,14-15H,2-4,7-9,17H2,1H3,(H,18,20). The maximum Gasteiger partial charge on any atom is 0.251 e. The molecule has 2 fully saturated rings. The van der Waals surface area contributed by atoms with Crippen LogP contribution in [0.1, 0.15) is 41.6 Å². The zero-order chi connectivity index (χ0) is 14.1. The molecular weight excluding hydrogens is 250 g/mol. The third kappa shape index (κ3) is 2.52. The minimum absolute atomic E-state index is 0.00845. The molecular formula is C16H23N3O. The van der Waals surface area contributed by atoms with Gasteiger partial charge >= 0.3 is 0 Å². The number of benzene rings is 1. The van der Waals surface area contributed by atoms with Crippen LogP contribution in [0, 0.1) is 6.92 Å². The van der Waals surface area contributed by atoms with Crippen LogP contribution in [0.25, 0.3) is 0 Å². The van der Waals surface area contributed by atoms with Crippen molar-refractivity contribution in [2.75, 3.05) is 18.8 Å². The van der Waals surface area contributed by atoms with Crippen molar-refractivity contribution in [2.45, 2.75) is 44.7 Å². The predicted molar refractivity (Wildman–Crippen MR) is 80.7 cm³/mol. The van der Waals surface area contributed by atoms with Gasteiger partial charge in [0.25, 0.3) is 5.91 Å². The summed E-state index contributed by atoms with van der Waals surface area (Å²) in [5.74, 6) is 0.00845. The Balaban J connectivity index is 1.68. The van der Waals surface area contributed by atoms with Crippen LogP contribution in [-0.4, -0.2) is 36.0 Å². The lowest BCUT2D eigenvalue weighted by Gasteiger charge is -2.32. The lowest BCUT2D eigenvalue weighted by atomic mass is 9.98. The van der Waals surface area contributed by atoms with Crippen molar-refractivity contribution in [3.8, 4) is 0 Å². The van der Waals surface area contributed by atoms with E-state index in [4.69, 9.17) is 5.73 Å². The van der Waals surface area contributed by atoms with E-state index in [-0.39, 0.29) is 5.91 Å². The highest BCUT2D eigenvalue weighted by atomic mass is 16.1. The zero-order valence-corrected chi connectivity index (χ0v) is 12.1. The maximum absolute atomic E-state index is 12.4. The number of anilines is 1. The van der Waals surface area contributed by atoms with Gasteiger partial charge in [-0.05, 0) is 50.4 Å². The molecule has 2 atom stereocenters. The first-order valence-electron chi connectivity index (χ1n) is 7.56. The summed E-state index contributed by atoms with van der Waals surface area (Å²) >= 11 is 0. The molecule has 4 heteroatoms. The average molecular weight is 273 g/mol. The van der Waals surface area contributed by atoms with Crippen molar-refractivity contribution < 1.29 is 4.79 Å². The van der Waals surface area contributed by atoms with Crippen molar-refractivity contribution in [3.63, 3.8) is 0 Å². The quantitative estimate of drug-likeness (QED) is 0.810. The van der Waals surface area contributed by atoms with Crippen molar-refractivity contribution in [2.24, 2.45) is 0 Å². The molecule has 3 rings (SSSR count). The number of nitrogens with one attached hydrogen (secondary N) is 1. The summed E-state index contributed by atoms with van der Waals surface area (Å²) in [6.07, 6.45) is 4.86. The fraction of sp³-hybridized carbons (Fsp3) is 0.562. The van der Waals surface area contributed by atoms with Crippen LogP contribution in [-0.2, 0) is 0 Å². The van der Waals surface area contributed by atoms with Gasteiger partial charge < -0.3 is 11.1 Å². The molecule has 1 aromatic carbocycles. The Hall–Kier alpha value is -1.55. The topological polar surface area (TPSA) is 58.4 Å². The molecule has 0 bridgehead atoms. The lowest BCUT2D eigenvalue weighted by Crippen LogP contribution is -2.46. The number of nitrogen functional groups attached to an aromatic ring is 1. The molecule has 20 heavy (non-hydrogen) atoms. The van der Waals surface area contributed by atoms with E-state index in [9.17, 15) is 4.79 Å². The smallest absolute Gasteiger partial charge is 0.251 e. The van der Waals surface area contributed by atoms with E-state index in [0.29, 0.717) is 23.3 Å². The molecule has 2 aliphatic heterocycles. The second-order valence-electron chi connectivity index (χ2n) is 6.04. The molecule has 2 saturated heterocycles. The fourth-order valence-corrected chi connectivity index (χ4v) is 3.45. The molecule has 4 nitrogen and oxygen atoms in total. The largest absolute Gasteiger partial charge is 0.398 e. The van der Waals surface area contributed by atoms with Crippen LogP contribution in [0.2, 0.25) is 0 Å². The first kappa shape index (κ1) is 13.4. The minimum atomic E-state index is 0.00845. The fourth-order valence-electron chi connectivity index (χ4n) is 3.45. The van der Waals surface area contributed by atoms with Crippen LogP contribution in [0.3, 0.4) is 0 Å². The van der Waals surface area contributed by atoms with Crippen LogP contribution >= 0.6 is 0 Å².